The Balaban J connectivity index is 2.55. The number of nitrogen functional groups attached to an aromatic ring is 1. The molecule has 4 heteroatoms. The van der Waals surface area contributed by atoms with Crippen molar-refractivity contribution in [3.8, 4) is 11.4 Å². The Kier molecular flexibility index (Phi) is 2.11. The van der Waals surface area contributed by atoms with Crippen molar-refractivity contribution in [3.05, 3.63) is 35.7 Å². The molecule has 0 saturated carbocycles. The molecule has 78 valence electrons. The van der Waals surface area contributed by atoms with Crippen LogP contribution in [0.4, 0.5) is 5.69 Å². The molecule has 15 heavy (non-hydrogen) atoms. The van der Waals surface area contributed by atoms with Gasteiger partial charge in [-0.05, 0) is 18.6 Å². The van der Waals surface area contributed by atoms with Gasteiger partial charge in [-0.25, -0.2) is 0 Å². The van der Waals surface area contributed by atoms with Crippen molar-refractivity contribution < 1.29 is 9.79 Å². The van der Waals surface area contributed by atoms with Crippen LogP contribution in [0.2, 0.25) is 0 Å². The number of hydrogen-bond acceptors (Lipinski definition) is 2. The first-order valence-electron chi connectivity index (χ1n) is 4.75. The number of benzene rings is 1. The summed E-state index contributed by atoms with van der Waals surface area (Å²) in [7, 11) is 0. The molecule has 0 atom stereocenters. The fourth-order valence-corrected chi connectivity index (χ4v) is 1.47. The van der Waals surface area contributed by atoms with Crippen molar-refractivity contribution in [3.63, 3.8) is 0 Å². The van der Waals surface area contributed by atoms with E-state index in [1.54, 1.807) is 12.3 Å². The van der Waals surface area contributed by atoms with Gasteiger partial charge in [0.1, 0.15) is 11.4 Å². The Labute approximate surface area is 88.0 Å². The third kappa shape index (κ3) is 1.54. The average Bonchev–Trinajstić information content (AvgIpc) is 2.53. The van der Waals surface area contributed by atoms with Crippen LogP contribution in [0.5, 0.6) is 5.75 Å². The number of aromatic nitrogens is 2. The van der Waals surface area contributed by atoms with E-state index in [9.17, 15) is 5.11 Å². The molecule has 2 rings (SSSR count). The van der Waals surface area contributed by atoms with Crippen LogP contribution in [-0.4, -0.2) is 10.2 Å². The van der Waals surface area contributed by atoms with Gasteiger partial charge in [0.25, 0.3) is 0 Å². The molecule has 0 radical (unpaired) electrons. The zero-order chi connectivity index (χ0) is 11.0. The lowest BCUT2D eigenvalue weighted by Gasteiger charge is -1.98. The maximum Gasteiger partial charge on any atom is 0.239 e. The molecule has 0 aliphatic rings. The van der Waals surface area contributed by atoms with E-state index in [0.717, 1.165) is 16.9 Å². The Hall–Kier alpha value is -1.97. The number of H-pyrrole nitrogens is 1. The Morgan fingerprint density at radius 1 is 1.33 bits per heavy atom. The summed E-state index contributed by atoms with van der Waals surface area (Å²) in [6, 6.07) is 5.50. The lowest BCUT2D eigenvalue weighted by Crippen LogP contribution is -2.35. The van der Waals surface area contributed by atoms with E-state index in [2.05, 4.69) is 5.10 Å². The van der Waals surface area contributed by atoms with Crippen molar-refractivity contribution in [2.45, 2.75) is 13.8 Å². The summed E-state index contributed by atoms with van der Waals surface area (Å²) in [6.45, 7) is 3.78. The number of phenolic OH excluding ortho intramolecular Hbond substituents is 1. The highest BCUT2D eigenvalue weighted by molar-refractivity contribution is 5.41. The van der Waals surface area contributed by atoms with Crippen LogP contribution in [0.25, 0.3) is 5.69 Å². The van der Waals surface area contributed by atoms with Gasteiger partial charge in [-0.2, -0.15) is 5.10 Å². The number of aromatic hydroxyl groups is 1. The third-order valence-electron chi connectivity index (χ3n) is 2.55. The summed E-state index contributed by atoms with van der Waals surface area (Å²) in [5.74, 6) is 0.285. The molecule has 0 saturated heterocycles. The standard InChI is InChI=1S/C11H13N3O/c1-7-3-4-9(5-11(7)15)14-8(2)10(12)6-13-14/h3-6,15H,12H2,1-2H3/p+1. The van der Waals surface area contributed by atoms with E-state index in [1.165, 1.54) is 0 Å². The van der Waals surface area contributed by atoms with Gasteiger partial charge < -0.3 is 10.8 Å². The second-order valence-electron chi connectivity index (χ2n) is 3.62. The molecule has 0 amide bonds. The summed E-state index contributed by atoms with van der Waals surface area (Å²) >= 11 is 0. The minimum Gasteiger partial charge on any atom is -0.507 e. The lowest BCUT2D eigenvalue weighted by molar-refractivity contribution is -0.661. The zero-order valence-corrected chi connectivity index (χ0v) is 8.78. The largest absolute Gasteiger partial charge is 0.507 e. The molecule has 0 bridgehead atoms. The summed E-state index contributed by atoms with van der Waals surface area (Å²) in [5, 5.41) is 12.6. The van der Waals surface area contributed by atoms with Gasteiger partial charge in [-0.3, -0.25) is 0 Å². The Morgan fingerprint density at radius 3 is 2.60 bits per heavy atom. The number of hydrogen-bond donors (Lipinski definition) is 3. The number of phenols is 1. The van der Waals surface area contributed by atoms with Crippen LogP contribution >= 0.6 is 0 Å². The van der Waals surface area contributed by atoms with Crippen molar-refractivity contribution in [1.29, 1.82) is 0 Å². The summed E-state index contributed by atoms with van der Waals surface area (Å²) < 4.78 is 1.83. The topological polar surface area (TPSA) is 65.9 Å². The van der Waals surface area contributed by atoms with E-state index in [-0.39, 0.29) is 5.75 Å². The van der Waals surface area contributed by atoms with Gasteiger partial charge in [0.15, 0.2) is 0 Å². The minimum absolute atomic E-state index is 0.285. The van der Waals surface area contributed by atoms with Crippen LogP contribution in [0.1, 0.15) is 11.3 Å². The molecule has 4 N–H and O–H groups in total. The second-order valence-corrected chi connectivity index (χ2v) is 3.62. The van der Waals surface area contributed by atoms with Gasteiger partial charge in [-0.15, -0.1) is 0 Å². The molecule has 1 aromatic heterocycles. The minimum atomic E-state index is 0.285. The van der Waals surface area contributed by atoms with Crippen LogP contribution in [0.3, 0.4) is 0 Å². The average molecular weight is 204 g/mol. The molecular formula is C11H14N3O+. The highest BCUT2D eigenvalue weighted by atomic mass is 16.3. The molecule has 0 spiro atoms. The van der Waals surface area contributed by atoms with Gasteiger partial charge in [-0.1, -0.05) is 4.68 Å². The van der Waals surface area contributed by atoms with E-state index in [4.69, 9.17) is 5.73 Å². The molecule has 1 heterocycles. The van der Waals surface area contributed by atoms with Gasteiger partial charge in [0.2, 0.25) is 11.4 Å². The Bertz CT molecular complexity index is 503. The first-order valence-corrected chi connectivity index (χ1v) is 4.75. The van der Waals surface area contributed by atoms with E-state index in [1.807, 2.05) is 30.7 Å². The number of anilines is 1. The highest BCUT2D eigenvalue weighted by Crippen LogP contribution is 2.18. The molecule has 0 fully saturated rings. The molecule has 0 aliphatic carbocycles. The van der Waals surface area contributed by atoms with Gasteiger partial charge in [0.05, 0.1) is 12.3 Å². The van der Waals surface area contributed by atoms with Crippen LogP contribution in [-0.2, 0) is 0 Å². The molecule has 0 aliphatic heterocycles. The highest BCUT2D eigenvalue weighted by Gasteiger charge is 2.16. The van der Waals surface area contributed by atoms with E-state index >= 15 is 0 Å². The summed E-state index contributed by atoms with van der Waals surface area (Å²) in [6.07, 6.45) is 1.73. The smallest absolute Gasteiger partial charge is 0.239 e. The first kappa shape index (κ1) is 9.58. The van der Waals surface area contributed by atoms with E-state index in [0.29, 0.717) is 5.69 Å². The molecule has 1 aromatic carbocycles. The zero-order valence-electron chi connectivity index (χ0n) is 8.78. The first-order chi connectivity index (χ1) is 7.09. The van der Waals surface area contributed by atoms with Crippen LogP contribution in [0.15, 0.2) is 24.4 Å². The molecular weight excluding hydrogens is 190 g/mol. The third-order valence-corrected chi connectivity index (χ3v) is 2.55. The monoisotopic (exact) mass is 204 g/mol. The SMILES string of the molecule is Cc1ccc(-[n+]2[nH]cc(N)c2C)cc1O. The maximum atomic E-state index is 9.60. The number of aryl methyl sites for hydroxylation is 1. The number of nitrogens with zero attached hydrogens (tertiary/aromatic N) is 1. The fourth-order valence-electron chi connectivity index (χ4n) is 1.47. The van der Waals surface area contributed by atoms with Gasteiger partial charge >= 0.3 is 0 Å². The number of rotatable bonds is 1. The molecule has 0 unspecified atom stereocenters. The summed E-state index contributed by atoms with van der Waals surface area (Å²) in [4.78, 5) is 0. The quantitative estimate of drug-likeness (QED) is 0.611. The van der Waals surface area contributed by atoms with Crippen molar-refractivity contribution in [2.75, 3.05) is 5.73 Å². The maximum absolute atomic E-state index is 9.60. The predicted octanol–water partition coefficient (Wildman–Crippen LogP) is 1.20. The molecule has 2 aromatic rings. The summed E-state index contributed by atoms with van der Waals surface area (Å²) in [5.41, 5.74) is 9.09. The fraction of sp³-hybridized carbons (Fsp3) is 0.182. The van der Waals surface area contributed by atoms with Crippen LogP contribution in [0, 0.1) is 13.8 Å². The lowest BCUT2D eigenvalue weighted by atomic mass is 10.2. The number of nitrogens with two attached hydrogens (primary N) is 1. The van der Waals surface area contributed by atoms with Crippen molar-refractivity contribution >= 4 is 5.69 Å². The number of nitrogens with one attached hydrogen (secondary N) is 1. The van der Waals surface area contributed by atoms with Crippen molar-refractivity contribution in [2.24, 2.45) is 0 Å². The normalized spacial score (nSPS) is 10.5. The predicted molar refractivity (Wildman–Crippen MR) is 57.9 cm³/mol. The van der Waals surface area contributed by atoms with Crippen molar-refractivity contribution in [1.82, 2.24) is 5.10 Å². The number of aromatic amines is 1. The van der Waals surface area contributed by atoms with E-state index < -0.39 is 0 Å². The second kappa shape index (κ2) is 3.31. The molecule has 4 nitrogen and oxygen atoms in total. The van der Waals surface area contributed by atoms with Gasteiger partial charge in [0, 0.05) is 13.0 Å². The van der Waals surface area contributed by atoms with Crippen LogP contribution < -0.4 is 10.4 Å². The Morgan fingerprint density at radius 2 is 2.07 bits per heavy atom.